The van der Waals surface area contributed by atoms with Gasteiger partial charge in [0.05, 0.1) is 10.0 Å². The van der Waals surface area contributed by atoms with Gasteiger partial charge in [-0.1, -0.05) is 43.0 Å². The molecule has 0 unspecified atom stereocenters. The van der Waals surface area contributed by atoms with Crippen LogP contribution in [0.2, 0.25) is 10.0 Å². The summed E-state index contributed by atoms with van der Waals surface area (Å²) >= 11 is 11.7. The molecule has 3 rings (SSSR count). The summed E-state index contributed by atoms with van der Waals surface area (Å²) in [5.74, 6) is -2.31. The predicted octanol–water partition coefficient (Wildman–Crippen LogP) is 3.30. The molecule has 1 aliphatic carbocycles. The van der Waals surface area contributed by atoms with Crippen LogP contribution in [0.1, 0.15) is 32.6 Å². The second kappa shape index (κ2) is 7.86. The Balaban J connectivity index is 1.70. The molecule has 9 heteroatoms. The first-order chi connectivity index (χ1) is 12.8. The van der Waals surface area contributed by atoms with Crippen molar-refractivity contribution in [2.24, 2.45) is 5.92 Å². The largest absolute Gasteiger partial charge is 0.334 e. The smallest absolute Gasteiger partial charge is 0.324 e. The molecular formula is C18H19Cl2N3O4. The van der Waals surface area contributed by atoms with E-state index < -0.39 is 30.3 Å². The van der Waals surface area contributed by atoms with Gasteiger partial charge in [-0.3, -0.25) is 19.3 Å². The number of hydrogen-bond acceptors (Lipinski definition) is 4. The van der Waals surface area contributed by atoms with Crippen LogP contribution < -0.4 is 5.32 Å². The average molecular weight is 412 g/mol. The summed E-state index contributed by atoms with van der Waals surface area (Å²) in [6, 6.07) is 3.48. The van der Waals surface area contributed by atoms with Crippen molar-refractivity contribution < 1.29 is 19.2 Å². The van der Waals surface area contributed by atoms with Crippen LogP contribution in [0.15, 0.2) is 18.2 Å². The number of carbonyl (C=O) groups is 4. The Morgan fingerprint density at radius 3 is 2.48 bits per heavy atom. The molecule has 2 fully saturated rings. The maximum atomic E-state index is 12.6. The Hall–Kier alpha value is -2.12. The molecule has 0 bridgehead atoms. The maximum absolute atomic E-state index is 12.6. The Labute approximate surface area is 166 Å². The lowest BCUT2D eigenvalue weighted by atomic mass is 9.85. The summed E-state index contributed by atoms with van der Waals surface area (Å²) in [6.45, 7) is 1.43. The third-order valence-corrected chi connectivity index (χ3v) is 5.73. The van der Waals surface area contributed by atoms with Gasteiger partial charge in [0.15, 0.2) is 0 Å². The van der Waals surface area contributed by atoms with Crippen LogP contribution in [0.4, 0.5) is 10.5 Å². The van der Waals surface area contributed by atoms with Crippen LogP contribution >= 0.6 is 23.2 Å². The van der Waals surface area contributed by atoms with E-state index in [0.717, 1.165) is 24.2 Å². The standard InChI is InChI=1S/C18H19Cl2N3O4/c1-10-4-2-3-5-14(10)23-17(26)16(25)22(18(23)27)9-15(24)21-11-6-7-12(19)13(20)8-11/h6-8,10,14H,2-5,9H2,1H3,(H,21,24)/t10-,14+/m1/s1. The van der Waals surface area contributed by atoms with Gasteiger partial charge in [0.2, 0.25) is 5.91 Å². The van der Waals surface area contributed by atoms with Gasteiger partial charge in [0.1, 0.15) is 6.54 Å². The predicted molar refractivity (Wildman–Crippen MR) is 100 cm³/mol. The number of rotatable bonds is 4. The molecule has 1 saturated carbocycles. The van der Waals surface area contributed by atoms with Gasteiger partial charge in [-0.15, -0.1) is 0 Å². The highest BCUT2D eigenvalue weighted by Gasteiger charge is 2.49. The van der Waals surface area contributed by atoms with Crippen molar-refractivity contribution in [3.63, 3.8) is 0 Å². The number of hydrogen-bond donors (Lipinski definition) is 1. The molecule has 27 heavy (non-hydrogen) atoms. The van der Waals surface area contributed by atoms with E-state index in [4.69, 9.17) is 23.2 Å². The normalized spacial score (nSPS) is 23.1. The second-order valence-corrected chi connectivity index (χ2v) is 7.67. The fourth-order valence-electron chi connectivity index (χ4n) is 3.55. The van der Waals surface area contributed by atoms with E-state index in [1.165, 1.54) is 12.1 Å². The fraction of sp³-hybridized carbons (Fsp3) is 0.444. The Kier molecular flexibility index (Phi) is 5.72. The third-order valence-electron chi connectivity index (χ3n) is 4.99. The number of nitrogens with zero attached hydrogens (tertiary/aromatic N) is 2. The van der Waals surface area contributed by atoms with Crippen LogP contribution in [0, 0.1) is 5.92 Å². The van der Waals surface area contributed by atoms with Crippen LogP contribution in [0.3, 0.4) is 0 Å². The molecule has 1 aromatic rings. The van der Waals surface area contributed by atoms with Crippen molar-refractivity contribution in [3.8, 4) is 0 Å². The summed E-state index contributed by atoms with van der Waals surface area (Å²) in [7, 11) is 0. The molecule has 1 aromatic carbocycles. The van der Waals surface area contributed by atoms with E-state index in [2.05, 4.69) is 5.32 Å². The molecule has 0 spiro atoms. The SMILES string of the molecule is C[C@@H]1CCCC[C@@H]1N1C(=O)C(=O)N(CC(=O)Nc2ccc(Cl)c(Cl)c2)C1=O. The van der Waals surface area contributed by atoms with Crippen molar-refractivity contribution >= 4 is 52.6 Å². The van der Waals surface area contributed by atoms with Crippen molar-refractivity contribution in [1.29, 1.82) is 0 Å². The molecule has 1 heterocycles. The molecule has 144 valence electrons. The van der Waals surface area contributed by atoms with Gasteiger partial charge < -0.3 is 5.32 Å². The van der Waals surface area contributed by atoms with E-state index in [0.29, 0.717) is 22.0 Å². The quantitative estimate of drug-likeness (QED) is 0.607. The number of halogens is 2. The number of urea groups is 1. The van der Waals surface area contributed by atoms with E-state index >= 15 is 0 Å². The first-order valence-electron chi connectivity index (χ1n) is 8.73. The molecule has 1 aliphatic heterocycles. The minimum atomic E-state index is -0.970. The van der Waals surface area contributed by atoms with E-state index in [9.17, 15) is 19.2 Å². The van der Waals surface area contributed by atoms with Crippen molar-refractivity contribution in [3.05, 3.63) is 28.2 Å². The Morgan fingerprint density at radius 2 is 1.81 bits per heavy atom. The van der Waals surface area contributed by atoms with Crippen molar-refractivity contribution in [1.82, 2.24) is 9.80 Å². The lowest BCUT2D eigenvalue weighted by Crippen LogP contribution is -2.46. The van der Waals surface area contributed by atoms with E-state index in [1.54, 1.807) is 6.07 Å². The van der Waals surface area contributed by atoms with Crippen LogP contribution in [-0.4, -0.2) is 46.1 Å². The minimum absolute atomic E-state index is 0.129. The van der Waals surface area contributed by atoms with Gasteiger partial charge in [0, 0.05) is 11.7 Å². The van der Waals surface area contributed by atoms with Crippen molar-refractivity contribution in [2.45, 2.75) is 38.6 Å². The molecule has 2 aliphatic rings. The molecular weight excluding hydrogens is 393 g/mol. The van der Waals surface area contributed by atoms with Crippen LogP contribution in [0.5, 0.6) is 0 Å². The second-order valence-electron chi connectivity index (χ2n) is 6.86. The monoisotopic (exact) mass is 411 g/mol. The topological polar surface area (TPSA) is 86.8 Å². The van der Waals surface area contributed by atoms with Crippen molar-refractivity contribution in [2.75, 3.05) is 11.9 Å². The zero-order valence-corrected chi connectivity index (χ0v) is 16.2. The zero-order valence-electron chi connectivity index (χ0n) is 14.7. The summed E-state index contributed by atoms with van der Waals surface area (Å²) in [6.07, 6.45) is 3.51. The fourth-order valence-corrected chi connectivity index (χ4v) is 3.85. The van der Waals surface area contributed by atoms with E-state index in [1.807, 2.05) is 6.92 Å². The Bertz CT molecular complexity index is 814. The lowest BCUT2D eigenvalue weighted by molar-refractivity contribution is -0.145. The number of nitrogens with one attached hydrogen (secondary N) is 1. The van der Waals surface area contributed by atoms with Gasteiger partial charge in [-0.25, -0.2) is 9.69 Å². The lowest BCUT2D eigenvalue weighted by Gasteiger charge is -2.34. The third kappa shape index (κ3) is 3.94. The highest BCUT2D eigenvalue weighted by atomic mass is 35.5. The van der Waals surface area contributed by atoms with Gasteiger partial charge in [0.25, 0.3) is 0 Å². The summed E-state index contributed by atoms with van der Waals surface area (Å²) in [5.41, 5.74) is 0.373. The molecule has 5 amide bonds. The molecule has 0 radical (unpaired) electrons. The number of imide groups is 2. The first-order valence-corrected chi connectivity index (χ1v) is 9.49. The molecule has 2 atom stereocenters. The summed E-state index contributed by atoms with van der Waals surface area (Å²) in [4.78, 5) is 51.2. The van der Waals surface area contributed by atoms with Gasteiger partial charge in [-0.2, -0.15) is 0 Å². The zero-order chi connectivity index (χ0) is 19.7. The van der Waals surface area contributed by atoms with Gasteiger partial charge in [-0.05, 0) is 37.0 Å². The average Bonchev–Trinajstić information content (AvgIpc) is 2.82. The number of anilines is 1. The Morgan fingerprint density at radius 1 is 1.11 bits per heavy atom. The summed E-state index contributed by atoms with van der Waals surface area (Å²) < 4.78 is 0. The number of carbonyl (C=O) groups excluding carboxylic acids is 4. The number of amides is 5. The molecule has 1 saturated heterocycles. The number of benzene rings is 1. The molecule has 1 N–H and O–H groups in total. The minimum Gasteiger partial charge on any atom is -0.324 e. The maximum Gasteiger partial charge on any atom is 0.334 e. The highest BCUT2D eigenvalue weighted by Crippen LogP contribution is 2.31. The van der Waals surface area contributed by atoms with Gasteiger partial charge >= 0.3 is 17.8 Å². The summed E-state index contributed by atoms with van der Waals surface area (Å²) in [5, 5.41) is 3.13. The highest BCUT2D eigenvalue weighted by molar-refractivity contribution is 6.45. The molecule has 7 nitrogen and oxygen atoms in total. The molecule has 0 aromatic heterocycles. The van der Waals surface area contributed by atoms with Crippen LogP contribution in [-0.2, 0) is 14.4 Å². The van der Waals surface area contributed by atoms with E-state index in [-0.39, 0.29) is 17.0 Å². The van der Waals surface area contributed by atoms with Crippen LogP contribution in [0.25, 0.3) is 0 Å². The first kappa shape index (κ1) is 19.6.